The average molecular weight is 446 g/mol. The van der Waals surface area contributed by atoms with Crippen LogP contribution < -0.4 is 10.5 Å². The van der Waals surface area contributed by atoms with Crippen molar-refractivity contribution >= 4 is 22.7 Å². The standard InChI is InChI=1S/C23H25F2N3O2S/c24-15-7-10-19(25)17(13-15)21-27-28(22(29)14-5-8-16(26)9-6-14)23(31-21)11-12-30-20-4-2-1-3-18(20)23/h1-4,10,13-16H,5-9,11-12,26H2. The molecule has 2 aliphatic heterocycles. The maximum Gasteiger partial charge on any atom is 0.247 e. The number of nitrogens with two attached hydrogens (primary N) is 1. The number of alkyl halides is 1. The van der Waals surface area contributed by atoms with Gasteiger partial charge in [-0.15, -0.1) is 0 Å². The number of benzene rings is 1. The third-order valence-electron chi connectivity index (χ3n) is 6.49. The van der Waals surface area contributed by atoms with Gasteiger partial charge in [0.2, 0.25) is 5.91 Å². The van der Waals surface area contributed by atoms with Crippen molar-refractivity contribution in [2.75, 3.05) is 6.61 Å². The fourth-order valence-electron chi connectivity index (χ4n) is 4.77. The number of carbonyl (C=O) groups excluding carboxylic acids is 1. The van der Waals surface area contributed by atoms with Gasteiger partial charge in [0, 0.05) is 35.9 Å². The summed E-state index contributed by atoms with van der Waals surface area (Å²) in [5.41, 5.74) is 7.00. The number of hydrogen-bond acceptors (Lipinski definition) is 5. The Balaban J connectivity index is 1.56. The summed E-state index contributed by atoms with van der Waals surface area (Å²) in [5.74, 6) is -0.0551. The molecule has 0 saturated heterocycles. The molecule has 2 aliphatic carbocycles. The molecule has 0 radical (unpaired) electrons. The Morgan fingerprint density at radius 1 is 1.26 bits per heavy atom. The summed E-state index contributed by atoms with van der Waals surface area (Å²) in [4.78, 5) is 12.9. The van der Waals surface area contributed by atoms with E-state index in [4.69, 9.17) is 10.5 Å². The molecular formula is C23H25F2N3O2S. The minimum absolute atomic E-state index is 0.0140. The molecule has 1 aromatic rings. The number of amides is 1. The number of thioether (sulfide) groups is 1. The first-order valence-electron chi connectivity index (χ1n) is 10.8. The van der Waals surface area contributed by atoms with E-state index in [0.717, 1.165) is 18.4 Å². The third-order valence-corrected chi connectivity index (χ3v) is 7.92. The fourth-order valence-corrected chi connectivity index (χ4v) is 6.17. The van der Waals surface area contributed by atoms with Crippen LogP contribution in [0.5, 0.6) is 5.75 Å². The number of fused-ring (bicyclic) bond motifs is 2. The molecule has 1 fully saturated rings. The van der Waals surface area contributed by atoms with Gasteiger partial charge in [-0.05, 0) is 43.9 Å². The van der Waals surface area contributed by atoms with Crippen LogP contribution in [-0.4, -0.2) is 34.8 Å². The SMILES string of the molecule is NC1CCC(C(=O)N2N=C(C3=CC(F)CC=C3F)SC23CCOc2ccccc23)CC1. The van der Waals surface area contributed by atoms with Crippen molar-refractivity contribution < 1.29 is 18.3 Å². The van der Waals surface area contributed by atoms with Crippen LogP contribution in [0.4, 0.5) is 8.78 Å². The van der Waals surface area contributed by atoms with Gasteiger partial charge < -0.3 is 10.5 Å². The van der Waals surface area contributed by atoms with Crippen molar-refractivity contribution in [2.24, 2.45) is 16.8 Å². The first-order chi connectivity index (χ1) is 15.0. The van der Waals surface area contributed by atoms with Gasteiger partial charge in [0.15, 0.2) is 0 Å². The molecule has 0 aromatic heterocycles. The topological polar surface area (TPSA) is 67.9 Å². The zero-order chi connectivity index (χ0) is 21.6. The Morgan fingerprint density at radius 3 is 2.84 bits per heavy atom. The molecule has 164 valence electrons. The molecule has 1 amide bonds. The number of hydrazone groups is 1. The zero-order valence-corrected chi connectivity index (χ0v) is 17.9. The van der Waals surface area contributed by atoms with E-state index >= 15 is 0 Å². The number of halogens is 2. The van der Waals surface area contributed by atoms with Crippen LogP contribution in [-0.2, 0) is 9.67 Å². The second kappa shape index (κ2) is 8.06. The average Bonchev–Trinajstić information content (AvgIpc) is 3.15. The highest BCUT2D eigenvalue weighted by molar-refractivity contribution is 8.15. The first kappa shape index (κ1) is 20.7. The molecule has 4 aliphatic rings. The van der Waals surface area contributed by atoms with Gasteiger partial charge in [-0.25, -0.2) is 13.8 Å². The van der Waals surface area contributed by atoms with Gasteiger partial charge in [-0.2, -0.15) is 5.10 Å². The Morgan fingerprint density at radius 2 is 2.03 bits per heavy atom. The monoisotopic (exact) mass is 445 g/mol. The van der Waals surface area contributed by atoms with Crippen molar-refractivity contribution in [1.82, 2.24) is 5.01 Å². The molecule has 2 atom stereocenters. The lowest BCUT2D eigenvalue weighted by Gasteiger charge is -2.41. The van der Waals surface area contributed by atoms with Crippen LogP contribution in [0.1, 0.15) is 44.1 Å². The third kappa shape index (κ3) is 3.59. The summed E-state index contributed by atoms with van der Waals surface area (Å²) in [6, 6.07) is 7.70. The van der Waals surface area contributed by atoms with Crippen LogP contribution in [0.15, 0.2) is 52.9 Å². The van der Waals surface area contributed by atoms with E-state index in [2.05, 4.69) is 5.10 Å². The van der Waals surface area contributed by atoms with Crippen molar-refractivity contribution in [3.05, 3.63) is 53.4 Å². The summed E-state index contributed by atoms with van der Waals surface area (Å²) < 4.78 is 34.5. The van der Waals surface area contributed by atoms with Gasteiger partial charge in [-0.3, -0.25) is 4.79 Å². The van der Waals surface area contributed by atoms with Crippen LogP contribution in [0, 0.1) is 5.92 Å². The van der Waals surface area contributed by atoms with Crippen LogP contribution in [0.25, 0.3) is 0 Å². The lowest BCUT2D eigenvalue weighted by molar-refractivity contribution is -0.141. The molecule has 31 heavy (non-hydrogen) atoms. The van der Waals surface area contributed by atoms with Gasteiger partial charge >= 0.3 is 0 Å². The van der Waals surface area contributed by atoms with E-state index in [9.17, 15) is 13.6 Å². The lowest BCUT2D eigenvalue weighted by Crippen LogP contribution is -2.47. The van der Waals surface area contributed by atoms with Gasteiger partial charge in [-0.1, -0.05) is 30.0 Å². The van der Waals surface area contributed by atoms with E-state index in [0.29, 0.717) is 36.7 Å². The number of carbonyl (C=O) groups is 1. The van der Waals surface area contributed by atoms with Crippen LogP contribution >= 0.6 is 11.8 Å². The Hall–Kier alpha value is -2.19. The van der Waals surface area contributed by atoms with E-state index in [1.54, 1.807) is 0 Å². The summed E-state index contributed by atoms with van der Waals surface area (Å²) in [5, 5.41) is 6.50. The predicted molar refractivity (Wildman–Crippen MR) is 117 cm³/mol. The largest absolute Gasteiger partial charge is 0.493 e. The highest BCUT2D eigenvalue weighted by Crippen LogP contribution is 2.55. The Labute approximate surface area is 184 Å². The molecular weight excluding hydrogens is 420 g/mol. The van der Waals surface area contributed by atoms with Crippen molar-refractivity contribution in [3.63, 3.8) is 0 Å². The summed E-state index contributed by atoms with van der Waals surface area (Å²) in [6.45, 7) is 0.412. The normalized spacial score (nSPS) is 32.7. The number of ether oxygens (including phenoxy) is 1. The molecule has 5 nitrogen and oxygen atoms in total. The maximum atomic E-state index is 14.6. The van der Waals surface area contributed by atoms with E-state index in [1.165, 1.54) is 28.9 Å². The smallest absolute Gasteiger partial charge is 0.247 e. The minimum atomic E-state index is -1.26. The van der Waals surface area contributed by atoms with E-state index in [-0.39, 0.29) is 29.9 Å². The van der Waals surface area contributed by atoms with Gasteiger partial charge in [0.1, 0.15) is 27.7 Å². The molecule has 0 bridgehead atoms. The number of hydrogen-bond donors (Lipinski definition) is 1. The van der Waals surface area contributed by atoms with Crippen molar-refractivity contribution in [2.45, 2.75) is 55.6 Å². The molecule has 1 saturated carbocycles. The lowest BCUT2D eigenvalue weighted by atomic mass is 9.85. The fraction of sp³-hybridized carbons (Fsp3) is 0.478. The predicted octanol–water partition coefficient (Wildman–Crippen LogP) is 4.55. The Bertz CT molecular complexity index is 987. The van der Waals surface area contributed by atoms with Gasteiger partial charge in [0.25, 0.3) is 0 Å². The second-order valence-electron chi connectivity index (χ2n) is 8.53. The minimum Gasteiger partial charge on any atom is -0.493 e. The number of nitrogens with zero attached hydrogens (tertiary/aromatic N) is 2. The number of allylic oxidation sites excluding steroid dienone is 3. The van der Waals surface area contributed by atoms with Crippen LogP contribution in [0.3, 0.4) is 0 Å². The molecule has 2 heterocycles. The maximum absolute atomic E-state index is 14.6. The van der Waals surface area contributed by atoms with E-state index in [1.807, 2.05) is 24.3 Å². The highest BCUT2D eigenvalue weighted by atomic mass is 32.2. The van der Waals surface area contributed by atoms with E-state index < -0.39 is 16.9 Å². The molecule has 2 unspecified atom stereocenters. The van der Waals surface area contributed by atoms with Gasteiger partial charge in [0.05, 0.1) is 6.61 Å². The first-order valence-corrected chi connectivity index (χ1v) is 11.6. The highest BCUT2D eigenvalue weighted by Gasteiger charge is 2.53. The molecule has 1 aromatic carbocycles. The van der Waals surface area contributed by atoms with Crippen molar-refractivity contribution in [1.29, 1.82) is 0 Å². The van der Waals surface area contributed by atoms with Crippen molar-refractivity contribution in [3.8, 4) is 5.75 Å². The number of rotatable bonds is 2. The zero-order valence-electron chi connectivity index (χ0n) is 17.1. The summed E-state index contributed by atoms with van der Waals surface area (Å²) in [7, 11) is 0. The van der Waals surface area contributed by atoms with Crippen LogP contribution in [0.2, 0.25) is 0 Å². The molecule has 8 heteroatoms. The molecule has 2 N–H and O–H groups in total. The summed E-state index contributed by atoms with van der Waals surface area (Å²) in [6.07, 6.45) is 4.80. The quantitative estimate of drug-likeness (QED) is 0.725. The molecule has 5 rings (SSSR count). The second-order valence-corrected chi connectivity index (χ2v) is 9.80. The number of para-hydroxylation sites is 1. The Kier molecular flexibility index (Phi) is 5.38. The summed E-state index contributed by atoms with van der Waals surface area (Å²) >= 11 is 1.32. The molecule has 1 spiro atoms.